The standard InChI is InChI=1S/C17H22ClN3O/c1-12-6-3-4-9-20(12)11-16-13(2)19-21(17(16)22)15-8-5-7-14(18)10-15/h5,7-8,10,12,16H,3-4,6,9,11H2,1-2H3/t12-,16-/m0/s1. The van der Waals surface area contributed by atoms with E-state index in [1.165, 1.54) is 24.3 Å². The zero-order chi connectivity index (χ0) is 15.7. The number of amides is 1. The molecule has 0 aliphatic carbocycles. The van der Waals surface area contributed by atoms with E-state index in [-0.39, 0.29) is 11.8 Å². The van der Waals surface area contributed by atoms with Crippen molar-refractivity contribution in [2.75, 3.05) is 18.1 Å². The molecule has 1 fully saturated rings. The molecule has 0 spiro atoms. The predicted octanol–water partition coefficient (Wildman–Crippen LogP) is 3.55. The van der Waals surface area contributed by atoms with Gasteiger partial charge in [-0.15, -0.1) is 0 Å². The highest BCUT2D eigenvalue weighted by molar-refractivity contribution is 6.31. The van der Waals surface area contributed by atoms with Crippen molar-refractivity contribution in [3.8, 4) is 0 Å². The third kappa shape index (κ3) is 3.03. The number of piperidine rings is 1. The Morgan fingerprint density at radius 2 is 2.18 bits per heavy atom. The Balaban J connectivity index is 1.75. The van der Waals surface area contributed by atoms with Gasteiger partial charge in [-0.2, -0.15) is 5.10 Å². The van der Waals surface area contributed by atoms with Gasteiger partial charge in [0, 0.05) is 23.3 Å². The van der Waals surface area contributed by atoms with Gasteiger partial charge >= 0.3 is 0 Å². The lowest BCUT2D eigenvalue weighted by atomic mass is 9.98. The molecular weight excluding hydrogens is 298 g/mol. The summed E-state index contributed by atoms with van der Waals surface area (Å²) >= 11 is 6.02. The molecule has 0 saturated carbocycles. The maximum atomic E-state index is 12.7. The highest BCUT2D eigenvalue weighted by atomic mass is 35.5. The summed E-state index contributed by atoms with van der Waals surface area (Å²) in [4.78, 5) is 15.2. The van der Waals surface area contributed by atoms with Gasteiger partial charge in [-0.3, -0.25) is 9.69 Å². The number of halogens is 1. The Morgan fingerprint density at radius 1 is 1.36 bits per heavy atom. The molecule has 0 radical (unpaired) electrons. The summed E-state index contributed by atoms with van der Waals surface area (Å²) in [6.07, 6.45) is 3.73. The third-order valence-electron chi connectivity index (χ3n) is 4.68. The predicted molar refractivity (Wildman–Crippen MR) is 90.4 cm³/mol. The van der Waals surface area contributed by atoms with Crippen LogP contribution in [0.25, 0.3) is 0 Å². The van der Waals surface area contributed by atoms with Crippen molar-refractivity contribution in [3.05, 3.63) is 29.3 Å². The number of hydrogen-bond donors (Lipinski definition) is 0. The van der Waals surface area contributed by atoms with Crippen molar-refractivity contribution in [1.82, 2.24) is 4.90 Å². The van der Waals surface area contributed by atoms with Crippen molar-refractivity contribution >= 4 is 28.9 Å². The van der Waals surface area contributed by atoms with E-state index in [1.807, 2.05) is 19.1 Å². The first-order chi connectivity index (χ1) is 10.6. The van der Waals surface area contributed by atoms with Gasteiger partial charge in [0.2, 0.25) is 0 Å². The minimum Gasteiger partial charge on any atom is -0.299 e. The lowest BCUT2D eigenvalue weighted by molar-refractivity contribution is -0.120. The second-order valence-corrected chi connectivity index (χ2v) is 6.70. The van der Waals surface area contributed by atoms with Crippen molar-refractivity contribution in [2.45, 2.75) is 39.2 Å². The van der Waals surface area contributed by atoms with E-state index in [1.54, 1.807) is 12.1 Å². The van der Waals surface area contributed by atoms with Crippen LogP contribution >= 0.6 is 11.6 Å². The molecule has 5 heteroatoms. The van der Waals surface area contributed by atoms with Gasteiger partial charge in [0.1, 0.15) is 0 Å². The maximum Gasteiger partial charge on any atom is 0.257 e. The lowest BCUT2D eigenvalue weighted by Gasteiger charge is -2.34. The number of hydrogen-bond acceptors (Lipinski definition) is 3. The molecule has 2 atom stereocenters. The van der Waals surface area contributed by atoms with Gasteiger partial charge in [-0.1, -0.05) is 24.1 Å². The summed E-state index contributed by atoms with van der Waals surface area (Å²) in [5, 5.41) is 6.59. The summed E-state index contributed by atoms with van der Waals surface area (Å²) < 4.78 is 0. The molecule has 0 aromatic heterocycles. The molecular formula is C17H22ClN3O. The molecule has 2 aliphatic rings. The fourth-order valence-corrected chi connectivity index (χ4v) is 3.45. The molecule has 1 aromatic carbocycles. The smallest absolute Gasteiger partial charge is 0.257 e. The van der Waals surface area contributed by atoms with E-state index in [4.69, 9.17) is 11.6 Å². The van der Waals surface area contributed by atoms with Crippen LogP contribution in [0.4, 0.5) is 5.69 Å². The molecule has 118 valence electrons. The molecule has 0 N–H and O–H groups in total. The molecule has 1 amide bonds. The van der Waals surface area contributed by atoms with E-state index in [9.17, 15) is 4.79 Å². The average Bonchev–Trinajstić information content (AvgIpc) is 2.77. The van der Waals surface area contributed by atoms with Crippen LogP contribution in [0.5, 0.6) is 0 Å². The lowest BCUT2D eigenvalue weighted by Crippen LogP contribution is -2.44. The van der Waals surface area contributed by atoms with Crippen LogP contribution in [0.15, 0.2) is 29.4 Å². The van der Waals surface area contributed by atoms with Crippen LogP contribution < -0.4 is 5.01 Å². The van der Waals surface area contributed by atoms with Gasteiger partial charge < -0.3 is 0 Å². The van der Waals surface area contributed by atoms with E-state index in [0.29, 0.717) is 11.1 Å². The zero-order valence-corrected chi connectivity index (χ0v) is 13.9. The van der Waals surface area contributed by atoms with E-state index in [2.05, 4.69) is 16.9 Å². The summed E-state index contributed by atoms with van der Waals surface area (Å²) in [6, 6.07) is 7.84. The monoisotopic (exact) mass is 319 g/mol. The number of carbonyl (C=O) groups excluding carboxylic acids is 1. The normalized spacial score (nSPS) is 26.4. The Kier molecular flexibility index (Phi) is 4.50. The fraction of sp³-hybridized carbons (Fsp3) is 0.529. The van der Waals surface area contributed by atoms with Crippen LogP contribution in [0.1, 0.15) is 33.1 Å². The summed E-state index contributed by atoms with van der Waals surface area (Å²) in [7, 11) is 0. The summed E-state index contributed by atoms with van der Waals surface area (Å²) in [6.45, 7) is 6.04. The quantitative estimate of drug-likeness (QED) is 0.854. The number of likely N-dealkylation sites (tertiary alicyclic amines) is 1. The van der Waals surface area contributed by atoms with Crippen LogP contribution in [0, 0.1) is 5.92 Å². The first-order valence-corrected chi connectivity index (χ1v) is 8.33. The second kappa shape index (κ2) is 6.39. The number of rotatable bonds is 3. The molecule has 2 aliphatic heterocycles. The molecule has 2 heterocycles. The Labute approximate surface area is 136 Å². The van der Waals surface area contributed by atoms with E-state index < -0.39 is 0 Å². The average molecular weight is 320 g/mol. The van der Waals surface area contributed by atoms with Crippen molar-refractivity contribution < 1.29 is 4.79 Å². The van der Waals surface area contributed by atoms with Gasteiger partial charge in [-0.05, 0) is 51.4 Å². The largest absolute Gasteiger partial charge is 0.299 e. The number of benzene rings is 1. The minimum absolute atomic E-state index is 0.0533. The highest BCUT2D eigenvalue weighted by Gasteiger charge is 2.36. The van der Waals surface area contributed by atoms with Crippen LogP contribution in [-0.2, 0) is 4.79 Å². The number of carbonyl (C=O) groups is 1. The molecule has 1 aromatic rings. The first-order valence-electron chi connectivity index (χ1n) is 7.95. The summed E-state index contributed by atoms with van der Waals surface area (Å²) in [5.41, 5.74) is 1.63. The minimum atomic E-state index is -0.139. The van der Waals surface area contributed by atoms with Gasteiger partial charge in [0.05, 0.1) is 11.6 Å². The van der Waals surface area contributed by atoms with Crippen molar-refractivity contribution in [3.63, 3.8) is 0 Å². The topological polar surface area (TPSA) is 35.9 Å². The van der Waals surface area contributed by atoms with Crippen LogP contribution in [0.2, 0.25) is 5.02 Å². The molecule has 3 rings (SSSR count). The summed E-state index contributed by atoms with van der Waals surface area (Å²) in [5.74, 6) is -0.0860. The number of anilines is 1. The van der Waals surface area contributed by atoms with Gasteiger partial charge in [-0.25, -0.2) is 5.01 Å². The van der Waals surface area contributed by atoms with Crippen molar-refractivity contribution in [1.29, 1.82) is 0 Å². The highest BCUT2D eigenvalue weighted by Crippen LogP contribution is 2.28. The Morgan fingerprint density at radius 3 is 2.91 bits per heavy atom. The zero-order valence-electron chi connectivity index (χ0n) is 13.1. The third-order valence-corrected chi connectivity index (χ3v) is 4.91. The van der Waals surface area contributed by atoms with Crippen LogP contribution in [0.3, 0.4) is 0 Å². The number of nitrogens with zero attached hydrogens (tertiary/aromatic N) is 3. The second-order valence-electron chi connectivity index (χ2n) is 6.26. The van der Waals surface area contributed by atoms with E-state index >= 15 is 0 Å². The van der Waals surface area contributed by atoms with Crippen LogP contribution in [-0.4, -0.2) is 35.7 Å². The Hall–Kier alpha value is -1.39. The molecule has 0 bridgehead atoms. The molecule has 0 unspecified atom stereocenters. The van der Waals surface area contributed by atoms with E-state index in [0.717, 1.165) is 24.5 Å². The Bertz CT molecular complexity index is 601. The molecule has 22 heavy (non-hydrogen) atoms. The number of hydrazone groups is 1. The molecule has 4 nitrogen and oxygen atoms in total. The molecule has 1 saturated heterocycles. The first kappa shape index (κ1) is 15.5. The fourth-order valence-electron chi connectivity index (χ4n) is 3.27. The van der Waals surface area contributed by atoms with Gasteiger partial charge in [0.15, 0.2) is 0 Å². The maximum absolute atomic E-state index is 12.7. The SMILES string of the molecule is CC1=NN(c2cccc(Cl)c2)C(=O)[C@H]1CN1CCCC[C@@H]1C. The van der Waals surface area contributed by atoms with Gasteiger partial charge in [0.25, 0.3) is 5.91 Å². The van der Waals surface area contributed by atoms with Crippen molar-refractivity contribution in [2.24, 2.45) is 11.0 Å².